The fraction of sp³-hybridized carbons (Fsp3) is 0.143. The second-order valence-electron chi connectivity index (χ2n) is 6.63. The summed E-state index contributed by atoms with van der Waals surface area (Å²) < 4.78 is 0. The van der Waals surface area contributed by atoms with Gasteiger partial charge in [-0.1, -0.05) is 42.5 Å². The van der Waals surface area contributed by atoms with Gasteiger partial charge >= 0.3 is 26.2 Å². The molecule has 146 valence electrons. The third-order valence-electron chi connectivity index (χ3n) is 4.07. The molecule has 0 fully saturated rings. The van der Waals surface area contributed by atoms with Crippen molar-refractivity contribution in [1.82, 2.24) is 0 Å². The van der Waals surface area contributed by atoms with Gasteiger partial charge in [0.1, 0.15) is 0 Å². The van der Waals surface area contributed by atoms with Crippen LogP contribution < -0.4 is 0 Å². The first-order valence-corrected chi connectivity index (χ1v) is 9.86. The van der Waals surface area contributed by atoms with Crippen molar-refractivity contribution in [3.63, 3.8) is 0 Å². The van der Waals surface area contributed by atoms with Gasteiger partial charge in [0, 0.05) is 0 Å². The molecule has 0 aliphatic rings. The number of hydrogen-bond donors (Lipinski definition) is 0. The van der Waals surface area contributed by atoms with Crippen LogP contribution in [0.3, 0.4) is 0 Å². The summed E-state index contributed by atoms with van der Waals surface area (Å²) in [6.45, 7) is 8.00. The molecule has 0 nitrogen and oxygen atoms in total. The van der Waals surface area contributed by atoms with Gasteiger partial charge in [0.05, 0.1) is 0 Å². The molecule has 5 aromatic rings. The molecule has 0 N–H and O–H groups in total. The van der Waals surface area contributed by atoms with Gasteiger partial charge in [0.2, 0.25) is 0 Å². The fourth-order valence-electron chi connectivity index (χ4n) is 2.97. The minimum Gasteiger partial charge on any atom is -0.335 e. The Kier molecular flexibility index (Phi) is 12.2. The molecule has 0 aromatic heterocycles. The number of rotatable bonds is 0. The van der Waals surface area contributed by atoms with Crippen molar-refractivity contribution < 1.29 is 26.2 Å². The van der Waals surface area contributed by atoms with Crippen molar-refractivity contribution in [2.75, 3.05) is 0 Å². The van der Waals surface area contributed by atoms with Gasteiger partial charge in [-0.25, -0.2) is 0 Å². The summed E-state index contributed by atoms with van der Waals surface area (Å²) in [5.41, 5.74) is 0. The molecule has 29 heavy (non-hydrogen) atoms. The third-order valence-corrected chi connectivity index (χ3v) is 4.07. The summed E-state index contributed by atoms with van der Waals surface area (Å²) in [4.78, 5) is 0. The second-order valence-corrected chi connectivity index (χ2v) is 6.63. The molecule has 1 heteroatoms. The molecule has 0 unspecified atom stereocenters. The Balaban J connectivity index is 0.000000231. The number of benzene rings is 3. The van der Waals surface area contributed by atoms with Crippen LogP contribution in [0.2, 0.25) is 0 Å². The van der Waals surface area contributed by atoms with E-state index in [1.165, 1.54) is 32.3 Å². The van der Waals surface area contributed by atoms with E-state index in [0.717, 1.165) is 0 Å². The van der Waals surface area contributed by atoms with E-state index < -0.39 is 0 Å². The monoisotopic (exact) mass is 456 g/mol. The van der Waals surface area contributed by atoms with Crippen molar-refractivity contribution in [2.45, 2.75) is 27.7 Å². The topological polar surface area (TPSA) is 0 Å². The van der Waals surface area contributed by atoms with Crippen LogP contribution >= 0.6 is 0 Å². The Morgan fingerprint density at radius 2 is 0.966 bits per heavy atom. The van der Waals surface area contributed by atoms with E-state index >= 15 is 0 Å². The van der Waals surface area contributed by atoms with E-state index in [0.29, 0.717) is 0 Å². The number of hydrogen-bond acceptors (Lipinski definition) is 0. The van der Waals surface area contributed by atoms with Gasteiger partial charge in [0.25, 0.3) is 0 Å². The maximum atomic E-state index is 2.24. The average Bonchev–Trinajstić information content (AvgIpc) is 3.34. The van der Waals surface area contributed by atoms with Crippen LogP contribution in [0.25, 0.3) is 32.3 Å². The standard InChI is InChI=1S/C13H9.C9H7.2C3H7.Zr/c1-3-7-12-10(5-1)9-11-6-2-4-8-13(11)12;1-2-5-9-7-3-6-8(9)4-1;2*1-3-2;/h1-9H;1-7H;2*3H,1-2H3;/q4*-1;+4. The molecule has 0 bridgehead atoms. The van der Waals surface area contributed by atoms with Crippen LogP contribution in [0.4, 0.5) is 0 Å². The van der Waals surface area contributed by atoms with Crippen LogP contribution in [-0.4, -0.2) is 0 Å². The summed E-state index contributed by atoms with van der Waals surface area (Å²) in [5, 5.41) is 8.05. The summed E-state index contributed by atoms with van der Waals surface area (Å²) in [6.07, 6.45) is 4.00. The molecule has 0 heterocycles. The van der Waals surface area contributed by atoms with Crippen molar-refractivity contribution in [3.05, 3.63) is 110 Å². The smallest absolute Gasteiger partial charge is 0.335 e. The second kappa shape index (κ2) is 14.1. The average molecular weight is 458 g/mol. The summed E-state index contributed by atoms with van der Waals surface area (Å²) in [6, 6.07) is 33.9. The number of fused-ring (bicyclic) bond motifs is 4. The molecule has 0 saturated heterocycles. The summed E-state index contributed by atoms with van der Waals surface area (Å²) in [7, 11) is 0. The van der Waals surface area contributed by atoms with Crippen molar-refractivity contribution >= 4 is 32.3 Å². The maximum absolute atomic E-state index is 2.24. The molecule has 0 aliphatic carbocycles. The van der Waals surface area contributed by atoms with Gasteiger partial charge in [-0.2, -0.15) is 45.2 Å². The van der Waals surface area contributed by atoms with Crippen LogP contribution in [0.5, 0.6) is 0 Å². The Hall–Kier alpha value is -1.98. The third kappa shape index (κ3) is 7.41. The van der Waals surface area contributed by atoms with Gasteiger partial charge in [-0.05, 0) is 0 Å². The largest absolute Gasteiger partial charge is 4.00 e. The van der Waals surface area contributed by atoms with Gasteiger partial charge in [-0.15, -0.1) is 69.4 Å². The SMILES string of the molecule is C[CH-]C.C[CH-]C.[Zr+4].c1ccc2[cH-]ccc2c1.c1ccc2c(c1)[cH-]c1ccccc12. The predicted molar refractivity (Wildman–Crippen MR) is 128 cm³/mol. The molecular weight excluding hydrogens is 428 g/mol. The van der Waals surface area contributed by atoms with Gasteiger partial charge in [0.15, 0.2) is 0 Å². The van der Waals surface area contributed by atoms with E-state index in [4.69, 9.17) is 0 Å². The first-order valence-electron chi connectivity index (χ1n) is 9.86. The Morgan fingerprint density at radius 1 is 0.552 bits per heavy atom. The normalized spacial score (nSPS) is 9.38. The maximum Gasteiger partial charge on any atom is 4.00 e. The molecule has 5 aromatic carbocycles. The molecule has 5 rings (SSSR count). The first-order chi connectivity index (χ1) is 13.7. The minimum atomic E-state index is 0. The summed E-state index contributed by atoms with van der Waals surface area (Å²) in [5.74, 6) is 0. The predicted octanol–water partition coefficient (Wildman–Crippen LogP) is 8.73. The van der Waals surface area contributed by atoms with E-state index in [2.05, 4.69) is 97.1 Å². The molecule has 0 atom stereocenters. The van der Waals surface area contributed by atoms with Crippen molar-refractivity contribution in [2.24, 2.45) is 0 Å². The fourth-order valence-corrected chi connectivity index (χ4v) is 2.97. The Morgan fingerprint density at radius 3 is 1.45 bits per heavy atom. The molecule has 0 amide bonds. The first kappa shape index (κ1) is 25.1. The van der Waals surface area contributed by atoms with E-state index in [1.54, 1.807) is 0 Å². The molecule has 0 spiro atoms. The molecule has 0 saturated carbocycles. The van der Waals surface area contributed by atoms with Gasteiger partial charge < -0.3 is 12.8 Å². The summed E-state index contributed by atoms with van der Waals surface area (Å²) >= 11 is 0. The van der Waals surface area contributed by atoms with Crippen LogP contribution in [-0.2, 0) is 26.2 Å². The Labute approximate surface area is 195 Å². The Bertz CT molecular complexity index is 983. The van der Waals surface area contributed by atoms with Crippen LogP contribution in [0, 0.1) is 12.8 Å². The molecule has 0 radical (unpaired) electrons. The minimum absolute atomic E-state index is 0. The van der Waals surface area contributed by atoms with Crippen LogP contribution in [0.1, 0.15) is 27.7 Å². The van der Waals surface area contributed by atoms with E-state index in [9.17, 15) is 0 Å². The van der Waals surface area contributed by atoms with Crippen LogP contribution in [0.15, 0.2) is 97.1 Å². The quantitative estimate of drug-likeness (QED) is 0.204. The zero-order valence-corrected chi connectivity index (χ0v) is 20.4. The van der Waals surface area contributed by atoms with Crippen molar-refractivity contribution in [3.8, 4) is 0 Å². The molecular formula is C28H30Zr. The molecule has 0 aliphatic heterocycles. The zero-order chi connectivity index (χ0) is 20.2. The van der Waals surface area contributed by atoms with Gasteiger partial charge in [-0.3, -0.25) is 0 Å². The van der Waals surface area contributed by atoms with E-state index in [1.807, 2.05) is 40.5 Å². The van der Waals surface area contributed by atoms with Crippen molar-refractivity contribution in [1.29, 1.82) is 0 Å². The zero-order valence-electron chi connectivity index (χ0n) is 17.9. The van der Waals surface area contributed by atoms with E-state index in [-0.39, 0.29) is 26.2 Å².